The predicted molar refractivity (Wildman–Crippen MR) is 81.5 cm³/mol. The van der Waals surface area contributed by atoms with Crippen LogP contribution in [0.25, 0.3) is 10.9 Å². The van der Waals surface area contributed by atoms with E-state index >= 15 is 0 Å². The van der Waals surface area contributed by atoms with Crippen molar-refractivity contribution in [3.8, 4) is 0 Å². The molecule has 106 valence electrons. The van der Waals surface area contributed by atoms with Crippen LogP contribution in [0.15, 0.2) is 23.0 Å². The largest absolute Gasteiger partial charge is 0.355 e. The summed E-state index contributed by atoms with van der Waals surface area (Å²) < 4.78 is 0. The molecule has 0 unspecified atom stereocenters. The fraction of sp³-hybridized carbons (Fsp3) is 0.333. The minimum atomic E-state index is -0.226. The summed E-state index contributed by atoms with van der Waals surface area (Å²) in [7, 11) is 0. The van der Waals surface area contributed by atoms with Gasteiger partial charge in [0.15, 0.2) is 0 Å². The van der Waals surface area contributed by atoms with Crippen LogP contribution in [-0.4, -0.2) is 23.3 Å². The molecule has 0 radical (unpaired) electrons. The molecule has 1 heterocycles. The van der Waals surface area contributed by atoms with Crippen molar-refractivity contribution >= 4 is 28.4 Å². The Morgan fingerprint density at radius 2 is 2.00 bits per heavy atom. The zero-order chi connectivity index (χ0) is 14.7. The summed E-state index contributed by atoms with van der Waals surface area (Å²) in [5.74, 6) is -0.289. The summed E-state index contributed by atoms with van der Waals surface area (Å²) in [6.45, 7) is 4.39. The maximum Gasteiger partial charge on any atom is 0.251 e. The minimum Gasteiger partial charge on any atom is -0.355 e. The smallest absolute Gasteiger partial charge is 0.251 e. The lowest BCUT2D eigenvalue weighted by atomic mass is 10.0. The second kappa shape index (κ2) is 6.09. The number of fused-ring (bicyclic) bond motifs is 1. The van der Waals surface area contributed by atoms with Crippen LogP contribution < -0.4 is 10.9 Å². The van der Waals surface area contributed by atoms with Crippen molar-refractivity contribution in [2.75, 3.05) is 12.4 Å². The fourth-order valence-corrected chi connectivity index (χ4v) is 2.28. The highest BCUT2D eigenvalue weighted by molar-refractivity contribution is 6.27. The third kappa shape index (κ3) is 3.02. The van der Waals surface area contributed by atoms with Gasteiger partial charge in [0, 0.05) is 17.5 Å². The molecule has 0 spiro atoms. The van der Waals surface area contributed by atoms with Crippen LogP contribution >= 0.6 is 11.6 Å². The molecule has 2 aromatic rings. The Bertz CT molecular complexity index is 707. The fourth-order valence-electron chi connectivity index (χ4n) is 2.19. The number of nitrogens with one attached hydrogen (secondary N) is 2. The zero-order valence-electron chi connectivity index (χ0n) is 11.5. The maximum absolute atomic E-state index is 12.0. The number of alkyl halides is 1. The van der Waals surface area contributed by atoms with E-state index in [9.17, 15) is 9.59 Å². The Kier molecular flexibility index (Phi) is 4.45. The highest BCUT2D eigenvalue weighted by Crippen LogP contribution is 2.19. The van der Waals surface area contributed by atoms with Gasteiger partial charge in [-0.1, -0.05) is 12.1 Å². The molecule has 0 aliphatic heterocycles. The van der Waals surface area contributed by atoms with E-state index in [-0.39, 0.29) is 17.3 Å². The summed E-state index contributed by atoms with van der Waals surface area (Å²) in [5, 5.41) is 3.70. The number of halogens is 1. The average molecular weight is 293 g/mol. The Balaban J connectivity index is 2.31. The predicted octanol–water partition coefficient (Wildman–Crippen LogP) is 2.04. The van der Waals surface area contributed by atoms with Crippen molar-refractivity contribution in [3.63, 3.8) is 0 Å². The first-order valence-corrected chi connectivity index (χ1v) is 7.01. The molecule has 1 aromatic carbocycles. The zero-order valence-corrected chi connectivity index (χ0v) is 12.3. The molecular weight excluding hydrogens is 276 g/mol. The summed E-state index contributed by atoms with van der Waals surface area (Å²) in [6.07, 6.45) is 0.487. The van der Waals surface area contributed by atoms with E-state index < -0.39 is 0 Å². The molecule has 4 nitrogen and oxygen atoms in total. The molecule has 1 aromatic heterocycles. The average Bonchev–Trinajstić information content (AvgIpc) is 2.44. The number of benzene rings is 1. The second-order valence-corrected chi connectivity index (χ2v) is 5.11. The molecule has 0 fully saturated rings. The van der Waals surface area contributed by atoms with E-state index in [1.807, 2.05) is 32.0 Å². The molecule has 2 rings (SSSR count). The van der Waals surface area contributed by atoms with Crippen molar-refractivity contribution in [1.29, 1.82) is 0 Å². The molecule has 5 heteroatoms. The number of carbonyl (C=O) groups excluding carboxylic acids is 1. The molecule has 0 saturated heterocycles. The number of carbonyl (C=O) groups is 1. The number of aryl methyl sites for hydroxylation is 2. The van der Waals surface area contributed by atoms with Gasteiger partial charge in [0.2, 0.25) is 5.91 Å². The quantitative estimate of drug-likeness (QED) is 0.847. The van der Waals surface area contributed by atoms with Crippen LogP contribution in [0.4, 0.5) is 0 Å². The van der Waals surface area contributed by atoms with Crippen LogP contribution in [-0.2, 0) is 11.2 Å². The first kappa shape index (κ1) is 14.6. The number of pyridine rings is 1. The lowest BCUT2D eigenvalue weighted by molar-refractivity contribution is -0.118. The summed E-state index contributed by atoms with van der Waals surface area (Å²) >= 11 is 5.40. The molecule has 2 N–H and O–H groups in total. The standard InChI is InChI=1S/C15H17ClN2O2/c1-9-3-4-10(2)14-12(9)7-11(15(20)18-14)5-6-17-13(19)8-16/h3-4,7H,5-6,8H2,1-2H3,(H,17,19)(H,18,20). The Morgan fingerprint density at radius 3 is 2.70 bits per heavy atom. The Morgan fingerprint density at radius 1 is 1.30 bits per heavy atom. The lowest BCUT2D eigenvalue weighted by Gasteiger charge is -2.08. The Hall–Kier alpha value is -1.81. The number of hydrogen-bond acceptors (Lipinski definition) is 2. The third-order valence-electron chi connectivity index (χ3n) is 3.36. The van der Waals surface area contributed by atoms with Gasteiger partial charge in [0.1, 0.15) is 5.88 Å². The van der Waals surface area contributed by atoms with Gasteiger partial charge in [-0.15, -0.1) is 11.6 Å². The van der Waals surface area contributed by atoms with Gasteiger partial charge in [-0.25, -0.2) is 0 Å². The Labute approximate surface area is 122 Å². The van der Waals surface area contributed by atoms with Crippen molar-refractivity contribution in [1.82, 2.24) is 10.3 Å². The second-order valence-electron chi connectivity index (χ2n) is 4.85. The molecule has 0 atom stereocenters. The molecule has 20 heavy (non-hydrogen) atoms. The maximum atomic E-state index is 12.0. The van der Waals surface area contributed by atoms with E-state index in [2.05, 4.69) is 10.3 Å². The van der Waals surface area contributed by atoms with Gasteiger partial charge in [0.25, 0.3) is 5.56 Å². The van der Waals surface area contributed by atoms with Crippen LogP contribution in [0.1, 0.15) is 16.7 Å². The normalized spacial score (nSPS) is 10.8. The van der Waals surface area contributed by atoms with Gasteiger partial charge < -0.3 is 10.3 Å². The van der Waals surface area contributed by atoms with Gasteiger partial charge in [0.05, 0.1) is 5.52 Å². The van der Waals surface area contributed by atoms with Crippen LogP contribution in [0.2, 0.25) is 0 Å². The van der Waals surface area contributed by atoms with Crippen LogP contribution in [0.5, 0.6) is 0 Å². The summed E-state index contributed by atoms with van der Waals surface area (Å²) in [5.41, 5.74) is 3.61. The lowest BCUT2D eigenvalue weighted by Crippen LogP contribution is -2.28. The van der Waals surface area contributed by atoms with E-state index in [0.717, 1.165) is 22.0 Å². The van der Waals surface area contributed by atoms with Crippen molar-refractivity contribution in [2.24, 2.45) is 0 Å². The molecule has 0 saturated carbocycles. The van der Waals surface area contributed by atoms with Crippen LogP contribution in [0, 0.1) is 13.8 Å². The highest BCUT2D eigenvalue weighted by Gasteiger charge is 2.07. The van der Waals surface area contributed by atoms with Crippen molar-refractivity contribution in [2.45, 2.75) is 20.3 Å². The summed E-state index contributed by atoms with van der Waals surface area (Å²) in [4.78, 5) is 26.0. The number of H-pyrrole nitrogens is 1. The highest BCUT2D eigenvalue weighted by atomic mass is 35.5. The van der Waals surface area contributed by atoms with Gasteiger partial charge in [-0.05, 0) is 37.5 Å². The van der Waals surface area contributed by atoms with Crippen LogP contribution in [0.3, 0.4) is 0 Å². The molecule has 0 bridgehead atoms. The molecule has 0 aliphatic rings. The third-order valence-corrected chi connectivity index (χ3v) is 3.60. The molecule has 0 aliphatic carbocycles. The number of aromatic amines is 1. The summed E-state index contributed by atoms with van der Waals surface area (Å²) in [6, 6.07) is 5.94. The van der Waals surface area contributed by atoms with Gasteiger partial charge >= 0.3 is 0 Å². The minimum absolute atomic E-state index is 0.0631. The number of hydrogen-bond donors (Lipinski definition) is 2. The monoisotopic (exact) mass is 292 g/mol. The number of amides is 1. The molecule has 1 amide bonds. The van der Waals surface area contributed by atoms with Gasteiger partial charge in [-0.2, -0.15) is 0 Å². The van der Waals surface area contributed by atoms with E-state index in [4.69, 9.17) is 11.6 Å². The van der Waals surface area contributed by atoms with E-state index in [1.54, 1.807) is 0 Å². The van der Waals surface area contributed by atoms with Gasteiger partial charge in [-0.3, -0.25) is 9.59 Å². The first-order chi connectivity index (χ1) is 9.52. The van der Waals surface area contributed by atoms with Crippen molar-refractivity contribution < 1.29 is 4.79 Å². The number of aromatic nitrogens is 1. The number of rotatable bonds is 4. The van der Waals surface area contributed by atoms with Crippen molar-refractivity contribution in [3.05, 3.63) is 45.2 Å². The first-order valence-electron chi connectivity index (χ1n) is 6.47. The SMILES string of the molecule is Cc1ccc(C)c2[nH]c(=O)c(CCNC(=O)CCl)cc12. The van der Waals surface area contributed by atoms with E-state index in [1.165, 1.54) is 0 Å². The van der Waals surface area contributed by atoms with E-state index in [0.29, 0.717) is 18.5 Å². The topological polar surface area (TPSA) is 62.0 Å². The molecular formula is C15H17ClN2O2.